The van der Waals surface area contributed by atoms with Gasteiger partial charge in [0.25, 0.3) is 0 Å². The number of carbonyl (C=O) groups is 1. The summed E-state index contributed by atoms with van der Waals surface area (Å²) in [4.78, 5) is 16.7. The molecule has 2 aromatic carbocycles. The van der Waals surface area contributed by atoms with Crippen LogP contribution in [0.1, 0.15) is 35.3 Å². The highest BCUT2D eigenvalue weighted by atomic mass is 16.3. The summed E-state index contributed by atoms with van der Waals surface area (Å²) in [7, 11) is 0. The molecule has 0 saturated carbocycles. The van der Waals surface area contributed by atoms with Gasteiger partial charge >= 0.3 is 0 Å². The second-order valence-corrected chi connectivity index (χ2v) is 8.51. The van der Waals surface area contributed by atoms with Crippen LogP contribution in [0.3, 0.4) is 0 Å². The number of piperazine rings is 1. The first-order valence-corrected chi connectivity index (χ1v) is 10.9. The summed E-state index contributed by atoms with van der Waals surface area (Å²) in [5.74, 6) is -0.238. The number of hydrogen-bond donors (Lipinski definition) is 1. The first-order valence-electron chi connectivity index (χ1n) is 10.9. The van der Waals surface area contributed by atoms with E-state index in [4.69, 9.17) is 9.52 Å². The van der Waals surface area contributed by atoms with Crippen LogP contribution >= 0.6 is 0 Å². The van der Waals surface area contributed by atoms with Crippen molar-refractivity contribution in [3.63, 3.8) is 0 Å². The van der Waals surface area contributed by atoms with Crippen molar-refractivity contribution >= 4 is 5.78 Å². The van der Waals surface area contributed by atoms with Crippen molar-refractivity contribution < 1.29 is 14.3 Å². The molecule has 2 heterocycles. The Morgan fingerprint density at radius 3 is 2.35 bits per heavy atom. The number of hydrogen-bond acceptors (Lipinski definition) is 5. The smallest absolute Gasteiger partial charge is 0.188 e. The van der Waals surface area contributed by atoms with Crippen molar-refractivity contribution in [2.45, 2.75) is 39.0 Å². The van der Waals surface area contributed by atoms with Gasteiger partial charge in [0.15, 0.2) is 5.78 Å². The monoisotopic (exact) mass is 418 g/mol. The van der Waals surface area contributed by atoms with E-state index in [-0.39, 0.29) is 5.78 Å². The van der Waals surface area contributed by atoms with E-state index in [1.54, 1.807) is 12.5 Å². The second kappa shape index (κ2) is 9.60. The largest absolute Gasteiger partial charge is 0.472 e. The van der Waals surface area contributed by atoms with Crippen LogP contribution < -0.4 is 0 Å². The number of aliphatic hydroxyl groups is 1. The second-order valence-electron chi connectivity index (χ2n) is 8.51. The van der Waals surface area contributed by atoms with E-state index in [1.165, 1.54) is 16.7 Å². The van der Waals surface area contributed by atoms with Gasteiger partial charge in [0.05, 0.1) is 12.5 Å². The molecule has 0 aliphatic carbocycles. The van der Waals surface area contributed by atoms with Gasteiger partial charge in [-0.15, -0.1) is 0 Å². The standard InChI is InChI=1S/C26H30N2O3/c1-19-13-27(16-23-5-3-4-6-25(23)24-11-12-31-18-24)14-20(2)28(19)15-21-7-9-22(10-8-21)26(30)17-29/h3-12,18-20,29H,13-17H2,1-2H3/t19-,20+. The molecule has 2 atom stereocenters. The highest BCUT2D eigenvalue weighted by molar-refractivity contribution is 5.96. The molecule has 1 aliphatic rings. The molecule has 0 radical (unpaired) electrons. The maximum atomic E-state index is 11.6. The average Bonchev–Trinajstić information content (AvgIpc) is 3.31. The molecule has 4 rings (SSSR count). The SMILES string of the molecule is C[C@@H]1CN(Cc2ccccc2-c2ccoc2)C[C@H](C)N1Cc1ccc(C(=O)CO)cc1. The predicted octanol–water partition coefficient (Wildman–Crippen LogP) is 4.22. The Morgan fingerprint density at radius 2 is 1.71 bits per heavy atom. The lowest BCUT2D eigenvalue weighted by molar-refractivity contribution is 0.0291. The van der Waals surface area contributed by atoms with E-state index in [0.717, 1.165) is 31.7 Å². The Bertz CT molecular complexity index is 986. The maximum absolute atomic E-state index is 11.6. The molecule has 1 fully saturated rings. The lowest BCUT2D eigenvalue weighted by Crippen LogP contribution is -2.55. The van der Waals surface area contributed by atoms with Crippen molar-refractivity contribution in [2.24, 2.45) is 0 Å². The Morgan fingerprint density at radius 1 is 1.00 bits per heavy atom. The van der Waals surface area contributed by atoms with Crippen LogP contribution in [0.4, 0.5) is 0 Å². The summed E-state index contributed by atoms with van der Waals surface area (Å²) in [5.41, 5.74) is 5.43. The molecule has 0 bridgehead atoms. The van der Waals surface area contributed by atoms with Crippen LogP contribution in [0.5, 0.6) is 0 Å². The fourth-order valence-corrected chi connectivity index (χ4v) is 4.60. The van der Waals surface area contributed by atoms with Crippen molar-refractivity contribution in [2.75, 3.05) is 19.7 Å². The molecule has 1 aliphatic heterocycles. The molecule has 0 spiro atoms. The van der Waals surface area contributed by atoms with Gasteiger partial charge < -0.3 is 9.52 Å². The third-order valence-corrected chi connectivity index (χ3v) is 6.21. The predicted molar refractivity (Wildman–Crippen MR) is 122 cm³/mol. The minimum absolute atomic E-state index is 0.238. The van der Waals surface area contributed by atoms with Gasteiger partial charge in [-0.1, -0.05) is 48.5 Å². The lowest BCUT2D eigenvalue weighted by atomic mass is 10.00. The van der Waals surface area contributed by atoms with Gasteiger partial charge in [0.2, 0.25) is 0 Å². The van der Waals surface area contributed by atoms with Gasteiger partial charge in [0.1, 0.15) is 6.61 Å². The van der Waals surface area contributed by atoms with E-state index >= 15 is 0 Å². The van der Waals surface area contributed by atoms with Crippen LogP contribution in [0.2, 0.25) is 0 Å². The van der Waals surface area contributed by atoms with Crippen LogP contribution in [0.25, 0.3) is 11.1 Å². The van der Waals surface area contributed by atoms with Gasteiger partial charge in [-0.05, 0) is 36.6 Å². The zero-order chi connectivity index (χ0) is 21.8. The van der Waals surface area contributed by atoms with E-state index < -0.39 is 6.61 Å². The topological polar surface area (TPSA) is 56.9 Å². The molecule has 3 aromatic rings. The van der Waals surface area contributed by atoms with E-state index in [0.29, 0.717) is 17.6 Å². The summed E-state index contributed by atoms with van der Waals surface area (Å²) in [6, 6.07) is 19.0. The van der Waals surface area contributed by atoms with Crippen molar-refractivity contribution in [3.8, 4) is 11.1 Å². The minimum Gasteiger partial charge on any atom is -0.472 e. The average molecular weight is 419 g/mol. The zero-order valence-corrected chi connectivity index (χ0v) is 18.2. The molecule has 0 amide bonds. The Kier molecular flexibility index (Phi) is 6.66. The molecule has 5 heteroatoms. The van der Waals surface area contributed by atoms with E-state index in [2.05, 4.69) is 47.9 Å². The number of benzene rings is 2. The number of Topliss-reactive ketones (excluding diaryl/α,β-unsaturated/α-hetero) is 1. The molecule has 5 nitrogen and oxygen atoms in total. The molecule has 1 aromatic heterocycles. The first kappa shape index (κ1) is 21.5. The summed E-state index contributed by atoms with van der Waals surface area (Å²) < 4.78 is 5.29. The summed E-state index contributed by atoms with van der Waals surface area (Å²) in [6.45, 7) is 7.91. The number of ketones is 1. The maximum Gasteiger partial charge on any atom is 0.188 e. The molecule has 0 unspecified atom stereocenters. The quantitative estimate of drug-likeness (QED) is 0.583. The van der Waals surface area contributed by atoms with Crippen molar-refractivity contribution in [1.29, 1.82) is 0 Å². The number of furan rings is 1. The minimum atomic E-state index is -0.445. The van der Waals surface area contributed by atoms with Crippen molar-refractivity contribution in [1.82, 2.24) is 9.80 Å². The van der Waals surface area contributed by atoms with E-state index in [9.17, 15) is 4.79 Å². The molecule has 31 heavy (non-hydrogen) atoms. The summed E-state index contributed by atoms with van der Waals surface area (Å²) >= 11 is 0. The van der Waals surface area contributed by atoms with Gasteiger partial charge in [-0.2, -0.15) is 0 Å². The number of carbonyl (C=O) groups excluding carboxylic acids is 1. The number of rotatable bonds is 7. The Hall–Kier alpha value is -2.73. The highest BCUT2D eigenvalue weighted by Crippen LogP contribution is 2.27. The zero-order valence-electron chi connectivity index (χ0n) is 18.2. The van der Waals surface area contributed by atoms with E-state index in [1.807, 2.05) is 30.3 Å². The molecule has 1 saturated heterocycles. The highest BCUT2D eigenvalue weighted by Gasteiger charge is 2.29. The van der Waals surface area contributed by atoms with Gasteiger partial charge in [0, 0.05) is 49.4 Å². The van der Waals surface area contributed by atoms with Crippen LogP contribution in [0, 0.1) is 0 Å². The summed E-state index contributed by atoms with van der Waals surface area (Å²) in [6.07, 6.45) is 3.53. The van der Waals surface area contributed by atoms with Gasteiger partial charge in [-0.25, -0.2) is 0 Å². The third-order valence-electron chi connectivity index (χ3n) is 6.21. The van der Waals surface area contributed by atoms with Gasteiger partial charge in [-0.3, -0.25) is 14.6 Å². The van der Waals surface area contributed by atoms with Crippen LogP contribution in [0.15, 0.2) is 71.5 Å². The fraction of sp³-hybridized carbons (Fsp3) is 0.346. The lowest BCUT2D eigenvalue weighted by Gasteiger charge is -2.44. The van der Waals surface area contributed by atoms with Crippen LogP contribution in [-0.2, 0) is 13.1 Å². The molecular weight excluding hydrogens is 388 g/mol. The number of aliphatic hydroxyl groups excluding tert-OH is 1. The van der Waals surface area contributed by atoms with Crippen LogP contribution in [-0.4, -0.2) is 52.5 Å². The third kappa shape index (κ3) is 4.96. The normalized spacial score (nSPS) is 20.1. The summed E-state index contributed by atoms with van der Waals surface area (Å²) in [5, 5.41) is 9.02. The molecule has 162 valence electrons. The molecular formula is C26H30N2O3. The Balaban J connectivity index is 1.41. The molecule has 1 N–H and O–H groups in total. The fourth-order valence-electron chi connectivity index (χ4n) is 4.60. The Labute approximate surface area is 183 Å². The van der Waals surface area contributed by atoms with Crippen molar-refractivity contribution in [3.05, 3.63) is 83.8 Å². The first-order chi connectivity index (χ1) is 15.0. The number of nitrogens with zero attached hydrogens (tertiary/aromatic N) is 2.